The number of nitrogens with one attached hydrogen (secondary N) is 3. The average Bonchev–Trinajstić information content (AvgIpc) is 3.44. The Hall–Kier alpha value is -3.51. The maximum absolute atomic E-state index is 13.7. The second-order valence-electron chi connectivity index (χ2n) is 9.73. The summed E-state index contributed by atoms with van der Waals surface area (Å²) in [6.07, 6.45) is 6.57. The molecule has 2 rings (SSSR count). The lowest BCUT2D eigenvalue weighted by Crippen LogP contribution is -2.50. The van der Waals surface area contributed by atoms with E-state index in [2.05, 4.69) is 32.3 Å². The Morgan fingerprint density at radius 1 is 1.10 bits per heavy atom. The average molecular weight is 573 g/mol. The van der Waals surface area contributed by atoms with E-state index in [0.29, 0.717) is 42.8 Å². The van der Waals surface area contributed by atoms with Gasteiger partial charge in [-0.05, 0) is 69.0 Å². The third kappa shape index (κ3) is 11.3. The fourth-order valence-electron chi connectivity index (χ4n) is 4.15. The Morgan fingerprint density at radius 2 is 1.80 bits per heavy atom. The number of aromatic amines is 1. The molecule has 2 amide bonds. The number of phenols is 1. The number of aliphatic imine (C=N–C) groups is 1. The number of carbonyl (C=O) groups excluding carboxylic acids is 4. The number of amides is 2. The molecule has 12 heteroatoms. The molecule has 0 aliphatic heterocycles. The van der Waals surface area contributed by atoms with Crippen molar-refractivity contribution < 1.29 is 24.3 Å². The molecule has 6 N–H and O–H groups in total. The van der Waals surface area contributed by atoms with Crippen molar-refractivity contribution in [1.82, 2.24) is 20.6 Å². The highest BCUT2D eigenvalue weighted by Crippen LogP contribution is 2.17. The zero-order valence-electron chi connectivity index (χ0n) is 23.1. The van der Waals surface area contributed by atoms with Crippen LogP contribution in [0.25, 0.3) is 0 Å². The van der Waals surface area contributed by atoms with Gasteiger partial charge in [0.05, 0.1) is 30.4 Å². The van der Waals surface area contributed by atoms with Crippen LogP contribution in [0, 0.1) is 5.92 Å². The fraction of sp³-hybridized carbons (Fsp3) is 0.500. The highest BCUT2D eigenvalue weighted by molar-refractivity contribution is 7.98. The largest absolute Gasteiger partial charge is 0.508 e. The van der Waals surface area contributed by atoms with Crippen molar-refractivity contribution >= 4 is 41.9 Å². The molecule has 0 saturated heterocycles. The van der Waals surface area contributed by atoms with Crippen LogP contribution in [0.1, 0.15) is 43.9 Å². The van der Waals surface area contributed by atoms with Gasteiger partial charge in [-0.15, -0.1) is 0 Å². The van der Waals surface area contributed by atoms with Crippen molar-refractivity contribution in [1.29, 1.82) is 0 Å². The van der Waals surface area contributed by atoms with Gasteiger partial charge in [0.25, 0.3) is 0 Å². The monoisotopic (exact) mass is 572 g/mol. The minimum absolute atomic E-state index is 0.0753. The molecule has 1 aromatic heterocycles. The number of aromatic nitrogens is 2. The quantitative estimate of drug-likeness (QED) is 0.124. The first kappa shape index (κ1) is 32.7. The van der Waals surface area contributed by atoms with Crippen LogP contribution in [-0.2, 0) is 32.0 Å². The fourth-order valence-corrected chi connectivity index (χ4v) is 4.62. The van der Waals surface area contributed by atoms with E-state index in [9.17, 15) is 24.3 Å². The molecule has 0 aliphatic rings. The number of Topliss-reactive ketones (excluding diaryl/α,β-unsaturated/α-hetero) is 2. The lowest BCUT2D eigenvalue weighted by atomic mass is 9.90. The predicted octanol–water partition coefficient (Wildman–Crippen LogP) is 1.60. The maximum atomic E-state index is 13.7. The number of aromatic hydroxyl groups is 1. The molecule has 0 saturated carbocycles. The van der Waals surface area contributed by atoms with Crippen LogP contribution in [-0.4, -0.2) is 81.9 Å². The number of hydrogen-bond acceptors (Lipinski definition) is 9. The van der Waals surface area contributed by atoms with Crippen LogP contribution in [0.15, 0.2) is 41.8 Å². The molecule has 4 unspecified atom stereocenters. The molecule has 218 valence electrons. The van der Waals surface area contributed by atoms with Crippen LogP contribution in [0.2, 0.25) is 0 Å². The number of ketones is 2. The van der Waals surface area contributed by atoms with Gasteiger partial charge in [0.15, 0.2) is 11.6 Å². The number of rotatable bonds is 19. The minimum atomic E-state index is -0.960. The molecular weight excluding hydrogens is 532 g/mol. The maximum Gasteiger partial charge on any atom is 0.237 e. The summed E-state index contributed by atoms with van der Waals surface area (Å²) in [4.78, 5) is 62.8. The molecule has 4 atom stereocenters. The number of benzene rings is 1. The van der Waals surface area contributed by atoms with Crippen molar-refractivity contribution in [2.75, 3.05) is 18.6 Å². The van der Waals surface area contributed by atoms with E-state index in [4.69, 9.17) is 5.73 Å². The Balaban J connectivity index is 2.25. The van der Waals surface area contributed by atoms with Crippen LogP contribution >= 0.6 is 11.8 Å². The second kappa shape index (κ2) is 17.2. The first-order valence-corrected chi connectivity index (χ1v) is 14.6. The highest BCUT2D eigenvalue weighted by atomic mass is 32.2. The van der Waals surface area contributed by atoms with E-state index in [0.717, 1.165) is 0 Å². The summed E-state index contributed by atoms with van der Waals surface area (Å²) in [7, 11) is 0. The molecule has 2 aromatic rings. The Morgan fingerprint density at radius 3 is 2.40 bits per heavy atom. The molecule has 0 radical (unpaired) electrons. The molecule has 0 spiro atoms. The molecule has 1 heterocycles. The molecule has 0 aliphatic carbocycles. The summed E-state index contributed by atoms with van der Waals surface area (Å²) < 4.78 is 0. The van der Waals surface area contributed by atoms with Crippen molar-refractivity contribution in [2.45, 2.75) is 63.6 Å². The Bertz CT molecular complexity index is 1110. The topological polar surface area (TPSA) is 180 Å². The van der Waals surface area contributed by atoms with Gasteiger partial charge in [0, 0.05) is 31.3 Å². The first-order valence-electron chi connectivity index (χ1n) is 13.2. The van der Waals surface area contributed by atoms with E-state index in [1.807, 2.05) is 6.26 Å². The van der Waals surface area contributed by atoms with E-state index in [-0.39, 0.29) is 36.6 Å². The van der Waals surface area contributed by atoms with Gasteiger partial charge in [-0.1, -0.05) is 12.1 Å². The molecule has 1 aromatic carbocycles. The SMILES string of the molecule is C=NCCCC(N)C(=O)NC(Cc1ccc(O)cc1)C(=O)CC(Cc1cnc[nH]1)C(=O)NC(CCSC)C(C)=O. The van der Waals surface area contributed by atoms with Gasteiger partial charge in [-0.2, -0.15) is 11.8 Å². The predicted molar refractivity (Wildman–Crippen MR) is 156 cm³/mol. The van der Waals surface area contributed by atoms with Crippen molar-refractivity contribution in [2.24, 2.45) is 16.6 Å². The number of thioether (sulfide) groups is 1. The van der Waals surface area contributed by atoms with Crippen molar-refractivity contribution in [3.8, 4) is 5.75 Å². The van der Waals surface area contributed by atoms with Crippen LogP contribution in [0.3, 0.4) is 0 Å². The standard InChI is InChI=1S/C28H40N6O5S/c1-18(35)24(10-12-40-3)33-27(38)20(14-21-16-31-17-32-21)15-26(37)25(13-19-6-8-22(36)9-7-19)34-28(39)23(29)5-4-11-30-2/h6-9,16-17,20,23-25,36H,2,4-5,10-15,29H2,1,3H3,(H,31,32)(H,33,38)(H,34,39). The van der Waals surface area contributed by atoms with E-state index < -0.39 is 35.9 Å². The Labute approximate surface area is 239 Å². The zero-order chi connectivity index (χ0) is 29.5. The van der Waals surface area contributed by atoms with Gasteiger partial charge < -0.3 is 31.5 Å². The van der Waals surface area contributed by atoms with Crippen LogP contribution < -0.4 is 16.4 Å². The third-order valence-electron chi connectivity index (χ3n) is 6.51. The highest BCUT2D eigenvalue weighted by Gasteiger charge is 2.31. The van der Waals surface area contributed by atoms with E-state index >= 15 is 0 Å². The number of carbonyl (C=O) groups is 4. The number of nitrogens with two attached hydrogens (primary N) is 1. The second-order valence-corrected chi connectivity index (χ2v) is 10.7. The van der Waals surface area contributed by atoms with Gasteiger partial charge in [-0.25, -0.2) is 4.98 Å². The summed E-state index contributed by atoms with van der Waals surface area (Å²) in [6, 6.07) is 3.86. The number of imidazole rings is 1. The van der Waals surface area contributed by atoms with Gasteiger partial charge in [0.1, 0.15) is 5.75 Å². The number of H-pyrrole nitrogens is 1. The Kier molecular flexibility index (Phi) is 14.1. The van der Waals surface area contributed by atoms with Crippen molar-refractivity contribution in [3.63, 3.8) is 0 Å². The zero-order valence-corrected chi connectivity index (χ0v) is 23.9. The molecule has 40 heavy (non-hydrogen) atoms. The summed E-state index contributed by atoms with van der Waals surface area (Å²) in [5.74, 6) is -1.46. The number of phenolic OH excluding ortho intramolecular Hbond substituents is 1. The molecule has 11 nitrogen and oxygen atoms in total. The summed E-state index contributed by atoms with van der Waals surface area (Å²) >= 11 is 1.57. The summed E-state index contributed by atoms with van der Waals surface area (Å²) in [5.41, 5.74) is 7.43. The lowest BCUT2D eigenvalue weighted by molar-refractivity contribution is -0.133. The smallest absolute Gasteiger partial charge is 0.237 e. The number of nitrogens with zero attached hydrogens (tertiary/aromatic N) is 2. The number of hydrogen-bond donors (Lipinski definition) is 5. The van der Waals surface area contributed by atoms with Crippen molar-refractivity contribution in [3.05, 3.63) is 48.0 Å². The van der Waals surface area contributed by atoms with Gasteiger partial charge >= 0.3 is 0 Å². The minimum Gasteiger partial charge on any atom is -0.508 e. The van der Waals surface area contributed by atoms with E-state index in [1.165, 1.54) is 25.4 Å². The van der Waals surface area contributed by atoms with Crippen LogP contribution in [0.4, 0.5) is 0 Å². The normalized spacial score (nSPS) is 14.0. The van der Waals surface area contributed by atoms with E-state index in [1.54, 1.807) is 30.1 Å². The molecule has 0 fully saturated rings. The summed E-state index contributed by atoms with van der Waals surface area (Å²) in [6.45, 7) is 5.32. The summed E-state index contributed by atoms with van der Waals surface area (Å²) in [5, 5.41) is 15.2. The van der Waals surface area contributed by atoms with Gasteiger partial charge in [0.2, 0.25) is 11.8 Å². The molecule has 0 bridgehead atoms. The lowest BCUT2D eigenvalue weighted by Gasteiger charge is -2.24. The third-order valence-corrected chi connectivity index (χ3v) is 7.15. The van der Waals surface area contributed by atoms with Gasteiger partial charge in [-0.3, -0.25) is 19.2 Å². The first-order chi connectivity index (χ1) is 19.1. The van der Waals surface area contributed by atoms with Crippen LogP contribution in [0.5, 0.6) is 5.75 Å². The molecular formula is C28H40N6O5S.